The number of imide groups is 2. The molecular formula is C27H22ClN3O5. The molecule has 0 bridgehead atoms. The summed E-state index contributed by atoms with van der Waals surface area (Å²) in [5.41, 5.74) is 2.94. The lowest BCUT2D eigenvalue weighted by molar-refractivity contribution is -0.122. The van der Waals surface area contributed by atoms with Crippen molar-refractivity contribution in [2.24, 2.45) is 0 Å². The standard InChI is InChI=1S/C27H22ClN3O5/c1-16-5-3-7-19(11-16)29-24(32)15-36-21-8-4-6-18(12-21)13-22-25(33)30-27(35)31(26(22)34)20-10-9-17(2)23(28)14-20/h3-14H,15H2,1-2H3,(H,29,32)(H,30,33,35)/b22-13+. The molecule has 182 valence electrons. The Morgan fingerprint density at radius 2 is 1.81 bits per heavy atom. The molecule has 3 aromatic rings. The van der Waals surface area contributed by atoms with Crippen molar-refractivity contribution < 1.29 is 23.9 Å². The van der Waals surface area contributed by atoms with Gasteiger partial charge < -0.3 is 10.1 Å². The summed E-state index contributed by atoms with van der Waals surface area (Å²) in [5.74, 6) is -1.57. The molecule has 9 heteroatoms. The predicted octanol–water partition coefficient (Wildman–Crippen LogP) is 4.64. The first kappa shape index (κ1) is 24.7. The van der Waals surface area contributed by atoms with Crippen molar-refractivity contribution >= 4 is 52.8 Å². The van der Waals surface area contributed by atoms with Crippen molar-refractivity contribution in [1.82, 2.24) is 5.32 Å². The fourth-order valence-corrected chi connectivity index (χ4v) is 3.72. The average molecular weight is 504 g/mol. The Labute approximate surface area is 212 Å². The average Bonchev–Trinajstić information content (AvgIpc) is 2.83. The number of anilines is 2. The van der Waals surface area contributed by atoms with Crippen LogP contribution in [-0.2, 0) is 14.4 Å². The van der Waals surface area contributed by atoms with Crippen molar-refractivity contribution in [2.75, 3.05) is 16.8 Å². The lowest BCUT2D eigenvalue weighted by Crippen LogP contribution is -2.54. The molecule has 1 fully saturated rings. The van der Waals surface area contributed by atoms with Gasteiger partial charge in [-0.2, -0.15) is 0 Å². The normalized spacial score (nSPS) is 14.6. The molecule has 8 nitrogen and oxygen atoms in total. The monoisotopic (exact) mass is 503 g/mol. The molecule has 0 saturated carbocycles. The molecule has 1 saturated heterocycles. The summed E-state index contributed by atoms with van der Waals surface area (Å²) in [4.78, 5) is 51.1. The second-order valence-electron chi connectivity index (χ2n) is 8.17. The molecule has 0 radical (unpaired) electrons. The van der Waals surface area contributed by atoms with E-state index in [1.165, 1.54) is 12.1 Å². The summed E-state index contributed by atoms with van der Waals surface area (Å²) in [5, 5.41) is 5.31. The van der Waals surface area contributed by atoms with Crippen molar-refractivity contribution in [3.8, 4) is 5.75 Å². The third-order valence-corrected chi connectivity index (χ3v) is 5.76. The third-order valence-electron chi connectivity index (χ3n) is 5.36. The number of hydrogen-bond donors (Lipinski definition) is 2. The number of amides is 5. The number of ether oxygens (including phenoxy) is 1. The fraction of sp³-hybridized carbons (Fsp3) is 0.111. The highest BCUT2D eigenvalue weighted by Gasteiger charge is 2.37. The molecule has 1 heterocycles. The fourth-order valence-electron chi connectivity index (χ4n) is 3.54. The van der Waals surface area contributed by atoms with Gasteiger partial charge >= 0.3 is 6.03 Å². The Kier molecular flexibility index (Phi) is 7.17. The van der Waals surface area contributed by atoms with Gasteiger partial charge in [-0.3, -0.25) is 19.7 Å². The van der Waals surface area contributed by atoms with E-state index in [0.29, 0.717) is 22.0 Å². The van der Waals surface area contributed by atoms with E-state index in [4.69, 9.17) is 16.3 Å². The minimum atomic E-state index is -0.862. The molecule has 0 spiro atoms. The number of nitrogens with one attached hydrogen (secondary N) is 2. The molecule has 0 unspecified atom stereocenters. The molecule has 4 rings (SSSR count). The van der Waals surface area contributed by atoms with Gasteiger partial charge in [-0.15, -0.1) is 0 Å². The highest BCUT2D eigenvalue weighted by molar-refractivity contribution is 6.39. The molecule has 0 aromatic heterocycles. The summed E-state index contributed by atoms with van der Waals surface area (Å²) in [7, 11) is 0. The van der Waals surface area contributed by atoms with Crippen LogP contribution < -0.4 is 20.3 Å². The number of carbonyl (C=O) groups is 4. The van der Waals surface area contributed by atoms with Crippen LogP contribution in [0.25, 0.3) is 6.08 Å². The predicted molar refractivity (Wildman–Crippen MR) is 137 cm³/mol. The maximum Gasteiger partial charge on any atom is 0.335 e. The number of carbonyl (C=O) groups excluding carboxylic acids is 4. The number of halogens is 1. The van der Waals surface area contributed by atoms with Crippen LogP contribution in [-0.4, -0.2) is 30.4 Å². The van der Waals surface area contributed by atoms with Crippen LogP contribution in [0.15, 0.2) is 72.3 Å². The van der Waals surface area contributed by atoms with Crippen LogP contribution in [0.1, 0.15) is 16.7 Å². The summed E-state index contributed by atoms with van der Waals surface area (Å²) < 4.78 is 5.58. The smallest absolute Gasteiger partial charge is 0.335 e. The van der Waals surface area contributed by atoms with Gasteiger partial charge in [-0.1, -0.05) is 41.9 Å². The Balaban J connectivity index is 1.50. The Bertz CT molecular complexity index is 1420. The van der Waals surface area contributed by atoms with Gasteiger partial charge in [0, 0.05) is 10.7 Å². The van der Waals surface area contributed by atoms with Crippen LogP contribution in [0.4, 0.5) is 16.2 Å². The molecule has 3 aromatic carbocycles. The number of aryl methyl sites for hydroxylation is 2. The largest absolute Gasteiger partial charge is 0.484 e. The first-order chi connectivity index (χ1) is 17.2. The Morgan fingerprint density at radius 3 is 2.56 bits per heavy atom. The highest BCUT2D eigenvalue weighted by atomic mass is 35.5. The zero-order valence-corrected chi connectivity index (χ0v) is 20.3. The molecule has 36 heavy (non-hydrogen) atoms. The van der Waals surface area contributed by atoms with Gasteiger partial charge in [-0.25, -0.2) is 9.69 Å². The molecule has 0 aliphatic carbocycles. The maximum absolute atomic E-state index is 13.1. The van der Waals surface area contributed by atoms with Gasteiger partial charge in [0.1, 0.15) is 11.3 Å². The zero-order chi connectivity index (χ0) is 25.8. The Hall–Kier alpha value is -4.43. The van der Waals surface area contributed by atoms with E-state index in [1.54, 1.807) is 49.4 Å². The van der Waals surface area contributed by atoms with E-state index in [2.05, 4.69) is 10.6 Å². The number of nitrogens with zero attached hydrogens (tertiary/aromatic N) is 1. The van der Waals surface area contributed by atoms with E-state index in [9.17, 15) is 19.2 Å². The second-order valence-corrected chi connectivity index (χ2v) is 8.58. The molecule has 2 N–H and O–H groups in total. The molecule has 5 amide bonds. The minimum absolute atomic E-state index is 0.232. The number of rotatable bonds is 6. The topological polar surface area (TPSA) is 105 Å². The SMILES string of the molecule is Cc1cccc(NC(=O)COc2cccc(/C=C3\C(=O)NC(=O)N(c4ccc(C)c(Cl)c4)C3=O)c2)c1. The van der Waals surface area contributed by atoms with Gasteiger partial charge in [0.15, 0.2) is 6.61 Å². The lowest BCUT2D eigenvalue weighted by atomic mass is 10.1. The minimum Gasteiger partial charge on any atom is -0.484 e. The second kappa shape index (κ2) is 10.5. The summed E-state index contributed by atoms with van der Waals surface area (Å²) >= 11 is 6.15. The first-order valence-electron chi connectivity index (χ1n) is 11.0. The van der Waals surface area contributed by atoms with E-state index in [-0.39, 0.29) is 23.8 Å². The van der Waals surface area contributed by atoms with Crippen molar-refractivity contribution in [3.63, 3.8) is 0 Å². The molecule has 0 atom stereocenters. The lowest BCUT2D eigenvalue weighted by Gasteiger charge is -2.26. The van der Waals surface area contributed by atoms with Crippen LogP contribution in [0.5, 0.6) is 5.75 Å². The molecule has 1 aliphatic rings. The summed E-state index contributed by atoms with van der Waals surface area (Å²) in [6.45, 7) is 3.48. The molecular weight excluding hydrogens is 482 g/mol. The van der Waals surface area contributed by atoms with E-state index < -0.39 is 17.8 Å². The van der Waals surface area contributed by atoms with Crippen LogP contribution >= 0.6 is 11.6 Å². The maximum atomic E-state index is 13.1. The number of hydrogen-bond acceptors (Lipinski definition) is 5. The quantitative estimate of drug-likeness (QED) is 0.376. The van der Waals surface area contributed by atoms with E-state index in [0.717, 1.165) is 16.0 Å². The highest BCUT2D eigenvalue weighted by Crippen LogP contribution is 2.27. The van der Waals surface area contributed by atoms with Gasteiger partial charge in [0.25, 0.3) is 17.7 Å². The van der Waals surface area contributed by atoms with Gasteiger partial charge in [0.2, 0.25) is 0 Å². The summed E-state index contributed by atoms with van der Waals surface area (Å²) in [6, 6.07) is 17.8. The van der Waals surface area contributed by atoms with Crippen LogP contribution in [0.2, 0.25) is 5.02 Å². The van der Waals surface area contributed by atoms with Crippen LogP contribution in [0.3, 0.4) is 0 Å². The number of urea groups is 1. The van der Waals surface area contributed by atoms with Gasteiger partial charge in [-0.05, 0) is 73.0 Å². The van der Waals surface area contributed by atoms with Crippen molar-refractivity contribution in [1.29, 1.82) is 0 Å². The molecule has 1 aliphatic heterocycles. The Morgan fingerprint density at radius 1 is 1.03 bits per heavy atom. The third kappa shape index (κ3) is 5.61. The zero-order valence-electron chi connectivity index (χ0n) is 19.5. The number of benzene rings is 3. The van der Waals surface area contributed by atoms with E-state index in [1.807, 2.05) is 25.1 Å². The first-order valence-corrected chi connectivity index (χ1v) is 11.4. The summed E-state index contributed by atoms with van der Waals surface area (Å²) in [6.07, 6.45) is 1.35. The van der Waals surface area contributed by atoms with Crippen molar-refractivity contribution in [2.45, 2.75) is 13.8 Å². The number of barbiturate groups is 1. The van der Waals surface area contributed by atoms with Gasteiger partial charge in [0.05, 0.1) is 5.69 Å². The van der Waals surface area contributed by atoms with E-state index >= 15 is 0 Å². The van der Waals surface area contributed by atoms with Crippen LogP contribution in [0, 0.1) is 13.8 Å². The van der Waals surface area contributed by atoms with Crippen molar-refractivity contribution in [3.05, 3.63) is 94.0 Å².